The third kappa shape index (κ3) is 6.37. The first-order chi connectivity index (χ1) is 12.3. The summed E-state index contributed by atoms with van der Waals surface area (Å²) in [4.78, 5) is 12.0. The molecule has 1 heterocycles. The Labute approximate surface area is 160 Å². The highest BCUT2D eigenvalue weighted by Crippen LogP contribution is 2.21. The van der Waals surface area contributed by atoms with Crippen LogP contribution in [0.4, 0.5) is 0 Å². The maximum absolute atomic E-state index is 12.0. The Balaban J connectivity index is 1.63. The smallest absolute Gasteiger partial charge is 0.220 e. The van der Waals surface area contributed by atoms with Crippen molar-refractivity contribution in [3.63, 3.8) is 0 Å². The molecule has 1 atom stereocenters. The Hall–Kier alpha value is -2.01. The van der Waals surface area contributed by atoms with Crippen molar-refractivity contribution in [1.82, 2.24) is 15.1 Å². The molecule has 0 saturated carbocycles. The summed E-state index contributed by atoms with van der Waals surface area (Å²) >= 11 is 5.93. The lowest BCUT2D eigenvalue weighted by molar-refractivity contribution is -0.121. The molecule has 2 aromatic rings. The molecule has 1 N–H and O–H groups in total. The van der Waals surface area contributed by atoms with Gasteiger partial charge in [0.25, 0.3) is 0 Å². The van der Waals surface area contributed by atoms with Crippen LogP contribution >= 0.6 is 11.6 Å². The summed E-state index contributed by atoms with van der Waals surface area (Å²) in [5.41, 5.74) is 3.17. The average Bonchev–Trinajstić information content (AvgIpc) is 2.88. The fourth-order valence-corrected chi connectivity index (χ4v) is 3.01. The minimum atomic E-state index is 0.0571. The lowest BCUT2D eigenvalue weighted by atomic mass is 10.1. The molecule has 0 aliphatic heterocycles. The molecule has 1 unspecified atom stereocenters. The molecule has 2 rings (SSSR count). The zero-order valence-corrected chi connectivity index (χ0v) is 16.8. The molecule has 1 amide bonds. The van der Waals surface area contributed by atoms with Crippen LogP contribution in [-0.4, -0.2) is 28.8 Å². The summed E-state index contributed by atoms with van der Waals surface area (Å²) in [6, 6.07) is 7.60. The summed E-state index contributed by atoms with van der Waals surface area (Å²) in [7, 11) is 0. The number of amides is 1. The Morgan fingerprint density at radius 3 is 2.73 bits per heavy atom. The number of nitrogens with one attached hydrogen (secondary N) is 1. The number of hydrogen-bond donors (Lipinski definition) is 1. The molecule has 0 saturated heterocycles. The zero-order valence-electron chi connectivity index (χ0n) is 16.0. The average molecular weight is 378 g/mol. The largest absolute Gasteiger partial charge is 0.493 e. The third-order valence-electron chi connectivity index (χ3n) is 4.18. The van der Waals surface area contributed by atoms with Crippen molar-refractivity contribution >= 4 is 17.5 Å². The molecule has 0 radical (unpaired) electrons. The fourth-order valence-electron chi connectivity index (χ4n) is 2.79. The number of aryl methyl sites for hydroxylation is 3. The molecule has 1 aromatic heterocycles. The molecule has 142 valence electrons. The van der Waals surface area contributed by atoms with Crippen LogP contribution in [0.3, 0.4) is 0 Å². The zero-order chi connectivity index (χ0) is 19.1. The highest BCUT2D eigenvalue weighted by Gasteiger charge is 2.09. The number of ether oxygens (including phenoxy) is 1. The number of rotatable bonds is 9. The van der Waals surface area contributed by atoms with Crippen molar-refractivity contribution in [2.24, 2.45) is 5.92 Å². The number of nitrogens with zero attached hydrogens (tertiary/aromatic N) is 2. The number of hydrogen-bond acceptors (Lipinski definition) is 3. The van der Waals surface area contributed by atoms with Gasteiger partial charge in [-0.1, -0.05) is 18.5 Å². The van der Waals surface area contributed by atoms with Crippen molar-refractivity contribution in [2.75, 3.05) is 13.2 Å². The third-order valence-corrected chi connectivity index (χ3v) is 4.41. The van der Waals surface area contributed by atoms with Gasteiger partial charge in [-0.15, -0.1) is 0 Å². The Kier molecular flexibility index (Phi) is 7.51. The van der Waals surface area contributed by atoms with Crippen LogP contribution < -0.4 is 10.1 Å². The van der Waals surface area contributed by atoms with Gasteiger partial charge in [0, 0.05) is 30.2 Å². The number of carbonyl (C=O) groups is 1. The molecule has 5 nitrogen and oxygen atoms in total. The minimum absolute atomic E-state index is 0.0571. The number of carbonyl (C=O) groups excluding carboxylic acids is 1. The topological polar surface area (TPSA) is 56.2 Å². The van der Waals surface area contributed by atoms with Crippen LogP contribution in [0.15, 0.2) is 24.3 Å². The van der Waals surface area contributed by atoms with Gasteiger partial charge in [0.1, 0.15) is 5.75 Å². The van der Waals surface area contributed by atoms with E-state index in [0.29, 0.717) is 36.9 Å². The van der Waals surface area contributed by atoms with Gasteiger partial charge in [-0.05, 0) is 62.9 Å². The van der Waals surface area contributed by atoms with Gasteiger partial charge in [-0.2, -0.15) is 5.10 Å². The van der Waals surface area contributed by atoms with E-state index in [0.717, 1.165) is 29.2 Å². The fraction of sp³-hybridized carbons (Fsp3) is 0.500. The monoisotopic (exact) mass is 377 g/mol. The Morgan fingerprint density at radius 2 is 2.08 bits per heavy atom. The molecule has 0 spiro atoms. The van der Waals surface area contributed by atoms with Crippen LogP contribution in [0, 0.1) is 26.7 Å². The molecule has 1 aromatic carbocycles. The first-order valence-corrected chi connectivity index (χ1v) is 9.39. The SMILES string of the molecule is Cc1cc(C)n(CC(C)CNC(=O)CCCOc2ccc(Cl)cc2C)n1. The lowest BCUT2D eigenvalue weighted by Gasteiger charge is -2.14. The van der Waals surface area contributed by atoms with Gasteiger partial charge in [0.15, 0.2) is 0 Å². The second-order valence-corrected chi connectivity index (χ2v) is 7.32. The standard InChI is InChI=1S/C20H28ClN3O2/c1-14(13-24-17(4)11-16(3)23-24)12-22-20(25)6-5-9-26-19-8-7-18(21)10-15(19)2/h7-8,10-11,14H,5-6,9,12-13H2,1-4H3,(H,22,25). The highest BCUT2D eigenvalue weighted by atomic mass is 35.5. The van der Waals surface area contributed by atoms with Gasteiger partial charge in [0.2, 0.25) is 5.91 Å². The number of aromatic nitrogens is 2. The van der Waals surface area contributed by atoms with Crippen LogP contribution in [0.1, 0.15) is 36.7 Å². The van der Waals surface area contributed by atoms with E-state index in [-0.39, 0.29) is 5.91 Å². The summed E-state index contributed by atoms with van der Waals surface area (Å²) < 4.78 is 7.71. The summed E-state index contributed by atoms with van der Waals surface area (Å²) in [5.74, 6) is 1.19. The molecular weight excluding hydrogens is 350 g/mol. The molecule has 0 fully saturated rings. The molecule has 26 heavy (non-hydrogen) atoms. The number of benzene rings is 1. The normalized spacial score (nSPS) is 12.0. The molecule has 0 bridgehead atoms. The maximum atomic E-state index is 12.0. The van der Waals surface area contributed by atoms with E-state index >= 15 is 0 Å². The summed E-state index contributed by atoms with van der Waals surface area (Å²) in [6.07, 6.45) is 1.14. The second kappa shape index (κ2) is 9.62. The van der Waals surface area contributed by atoms with Gasteiger partial charge in [0.05, 0.1) is 12.3 Å². The van der Waals surface area contributed by atoms with Crippen LogP contribution in [0.25, 0.3) is 0 Å². The molecular formula is C20H28ClN3O2. The molecule has 0 aliphatic rings. The van der Waals surface area contributed by atoms with Crippen LogP contribution in [0.2, 0.25) is 5.02 Å². The minimum Gasteiger partial charge on any atom is -0.493 e. The molecule has 6 heteroatoms. The number of halogens is 1. The second-order valence-electron chi connectivity index (χ2n) is 6.88. The predicted octanol–water partition coefficient (Wildman–Crippen LogP) is 4.07. The van der Waals surface area contributed by atoms with Crippen LogP contribution in [-0.2, 0) is 11.3 Å². The predicted molar refractivity (Wildman–Crippen MR) is 105 cm³/mol. The summed E-state index contributed by atoms with van der Waals surface area (Å²) in [6.45, 7) is 10.1. The van der Waals surface area contributed by atoms with E-state index in [9.17, 15) is 4.79 Å². The van der Waals surface area contributed by atoms with Crippen molar-refractivity contribution in [1.29, 1.82) is 0 Å². The Bertz CT molecular complexity index is 743. The van der Waals surface area contributed by atoms with E-state index in [4.69, 9.17) is 16.3 Å². The Morgan fingerprint density at radius 1 is 1.31 bits per heavy atom. The van der Waals surface area contributed by atoms with E-state index in [2.05, 4.69) is 23.4 Å². The maximum Gasteiger partial charge on any atom is 0.220 e. The highest BCUT2D eigenvalue weighted by molar-refractivity contribution is 6.30. The first kappa shape index (κ1) is 20.3. The van der Waals surface area contributed by atoms with Gasteiger partial charge >= 0.3 is 0 Å². The first-order valence-electron chi connectivity index (χ1n) is 9.02. The van der Waals surface area contributed by atoms with Crippen molar-refractivity contribution in [2.45, 2.75) is 47.1 Å². The lowest BCUT2D eigenvalue weighted by Crippen LogP contribution is -2.30. The van der Waals surface area contributed by atoms with Gasteiger partial charge in [-0.25, -0.2) is 0 Å². The van der Waals surface area contributed by atoms with Crippen molar-refractivity contribution in [3.05, 3.63) is 46.2 Å². The van der Waals surface area contributed by atoms with Crippen molar-refractivity contribution < 1.29 is 9.53 Å². The van der Waals surface area contributed by atoms with E-state index in [1.165, 1.54) is 0 Å². The summed E-state index contributed by atoms with van der Waals surface area (Å²) in [5, 5.41) is 8.15. The molecule has 0 aliphatic carbocycles. The van der Waals surface area contributed by atoms with E-state index < -0.39 is 0 Å². The van der Waals surface area contributed by atoms with E-state index in [1.54, 1.807) is 6.07 Å². The van der Waals surface area contributed by atoms with E-state index in [1.807, 2.05) is 37.6 Å². The quantitative estimate of drug-likeness (QED) is 0.670. The van der Waals surface area contributed by atoms with Gasteiger partial charge < -0.3 is 10.1 Å². The van der Waals surface area contributed by atoms with Crippen LogP contribution in [0.5, 0.6) is 5.75 Å². The van der Waals surface area contributed by atoms with Gasteiger partial charge in [-0.3, -0.25) is 9.48 Å². The van der Waals surface area contributed by atoms with Crippen molar-refractivity contribution in [3.8, 4) is 5.75 Å².